The molecule has 0 saturated carbocycles. The van der Waals surface area contributed by atoms with Crippen LogP contribution >= 0.6 is 0 Å². The van der Waals surface area contributed by atoms with Crippen molar-refractivity contribution in [2.45, 2.75) is 19.4 Å². The summed E-state index contributed by atoms with van der Waals surface area (Å²) < 4.78 is 23.4. The van der Waals surface area contributed by atoms with E-state index in [1.165, 1.54) is 19.3 Å². The summed E-state index contributed by atoms with van der Waals surface area (Å²) in [6, 6.07) is 7.93. The summed E-state index contributed by atoms with van der Waals surface area (Å²) in [6.07, 6.45) is 1.82. The number of aromatic nitrogens is 2. The zero-order valence-electron chi connectivity index (χ0n) is 15.0. The Labute approximate surface area is 157 Å². The van der Waals surface area contributed by atoms with E-state index in [4.69, 9.17) is 0 Å². The molecule has 1 atom stereocenters. The highest BCUT2D eigenvalue weighted by Gasteiger charge is 2.31. The third-order valence-corrected chi connectivity index (χ3v) is 6.30. The van der Waals surface area contributed by atoms with Gasteiger partial charge in [-0.3, -0.25) is 9.59 Å². The number of nitrogens with one attached hydrogen (secondary N) is 1. The molecule has 1 unspecified atom stereocenters. The van der Waals surface area contributed by atoms with Crippen molar-refractivity contribution in [2.24, 2.45) is 0 Å². The Balaban J connectivity index is 1.72. The molecule has 1 saturated heterocycles. The summed E-state index contributed by atoms with van der Waals surface area (Å²) >= 11 is 0. The maximum absolute atomic E-state index is 12.4. The van der Waals surface area contributed by atoms with Crippen LogP contribution in [0.2, 0.25) is 0 Å². The van der Waals surface area contributed by atoms with Gasteiger partial charge in [-0.05, 0) is 37.6 Å². The Hall–Kier alpha value is -2.81. The Morgan fingerprint density at radius 1 is 1.19 bits per heavy atom. The monoisotopic (exact) mass is 388 g/mol. The summed E-state index contributed by atoms with van der Waals surface area (Å²) in [5.74, 6) is 0.268. The van der Waals surface area contributed by atoms with Gasteiger partial charge in [0, 0.05) is 30.4 Å². The molecule has 9 heteroatoms. The molecule has 0 radical (unpaired) electrons. The van der Waals surface area contributed by atoms with E-state index in [1.807, 2.05) is 0 Å². The van der Waals surface area contributed by atoms with Crippen molar-refractivity contribution in [1.29, 1.82) is 0 Å². The molecule has 0 aliphatic carbocycles. The van der Waals surface area contributed by atoms with Gasteiger partial charge in [0.15, 0.2) is 15.6 Å². The minimum absolute atomic E-state index is 0.0507. The molecule has 1 amide bonds. The Morgan fingerprint density at radius 3 is 2.48 bits per heavy atom. The Bertz CT molecular complexity index is 973. The third-order valence-electron chi connectivity index (χ3n) is 4.55. The highest BCUT2D eigenvalue weighted by Crippen LogP contribution is 2.21. The average Bonchev–Trinajstić information content (AvgIpc) is 3.01. The summed E-state index contributed by atoms with van der Waals surface area (Å²) in [6.45, 7) is 1.47. The number of rotatable bonds is 5. The van der Waals surface area contributed by atoms with Crippen LogP contribution in [-0.4, -0.2) is 54.7 Å². The first-order valence-corrected chi connectivity index (χ1v) is 10.2. The SMILES string of the molecule is CC(=O)c1ccc(NC(=O)c2cc(N(C)C3CCS(=O)(=O)C3)ncn2)cc1. The normalized spacial score (nSPS) is 18.1. The first kappa shape index (κ1) is 19.0. The molecule has 2 aromatic rings. The fraction of sp³-hybridized carbons (Fsp3) is 0.333. The molecule has 1 aromatic carbocycles. The second-order valence-corrected chi connectivity index (χ2v) is 8.75. The second kappa shape index (κ2) is 7.43. The van der Waals surface area contributed by atoms with E-state index in [1.54, 1.807) is 36.2 Å². The van der Waals surface area contributed by atoms with E-state index in [0.717, 1.165) is 0 Å². The maximum Gasteiger partial charge on any atom is 0.274 e. The van der Waals surface area contributed by atoms with Gasteiger partial charge in [0.25, 0.3) is 5.91 Å². The van der Waals surface area contributed by atoms with E-state index in [9.17, 15) is 18.0 Å². The molecule has 1 aliphatic rings. The molecule has 1 aliphatic heterocycles. The number of amides is 1. The zero-order chi connectivity index (χ0) is 19.6. The highest BCUT2D eigenvalue weighted by atomic mass is 32.2. The van der Waals surface area contributed by atoms with Gasteiger partial charge >= 0.3 is 0 Å². The minimum Gasteiger partial charge on any atom is -0.356 e. The van der Waals surface area contributed by atoms with E-state index < -0.39 is 15.7 Å². The van der Waals surface area contributed by atoms with Crippen molar-refractivity contribution in [3.63, 3.8) is 0 Å². The number of carbonyl (C=O) groups is 2. The first-order chi connectivity index (χ1) is 12.7. The van der Waals surface area contributed by atoms with Gasteiger partial charge in [0.2, 0.25) is 0 Å². The third kappa shape index (κ3) is 4.48. The molecule has 1 fully saturated rings. The highest BCUT2D eigenvalue weighted by molar-refractivity contribution is 7.91. The second-order valence-electron chi connectivity index (χ2n) is 6.52. The van der Waals surface area contributed by atoms with Crippen LogP contribution in [0.5, 0.6) is 0 Å². The van der Waals surface area contributed by atoms with Gasteiger partial charge < -0.3 is 10.2 Å². The Kier molecular flexibility index (Phi) is 5.22. The smallest absolute Gasteiger partial charge is 0.274 e. The predicted octanol–water partition coefficient (Wildman–Crippen LogP) is 1.55. The van der Waals surface area contributed by atoms with E-state index in [2.05, 4.69) is 15.3 Å². The molecule has 27 heavy (non-hydrogen) atoms. The number of hydrogen-bond acceptors (Lipinski definition) is 7. The topological polar surface area (TPSA) is 109 Å². The van der Waals surface area contributed by atoms with Crippen LogP contribution in [-0.2, 0) is 9.84 Å². The van der Waals surface area contributed by atoms with Crippen LogP contribution in [0.3, 0.4) is 0 Å². The minimum atomic E-state index is -3.01. The lowest BCUT2D eigenvalue weighted by molar-refractivity contribution is 0.101. The molecule has 2 heterocycles. The number of carbonyl (C=O) groups excluding carboxylic acids is 2. The fourth-order valence-corrected chi connectivity index (χ4v) is 4.69. The van der Waals surface area contributed by atoms with Crippen molar-refractivity contribution in [1.82, 2.24) is 9.97 Å². The van der Waals surface area contributed by atoms with Crippen LogP contribution in [0.4, 0.5) is 11.5 Å². The van der Waals surface area contributed by atoms with Crippen LogP contribution in [0.1, 0.15) is 34.2 Å². The maximum atomic E-state index is 12.4. The molecule has 3 rings (SSSR count). The van der Waals surface area contributed by atoms with E-state index >= 15 is 0 Å². The molecule has 142 valence electrons. The molecule has 1 N–H and O–H groups in total. The fourth-order valence-electron chi connectivity index (χ4n) is 2.92. The Morgan fingerprint density at radius 2 is 1.89 bits per heavy atom. The van der Waals surface area contributed by atoms with E-state index in [0.29, 0.717) is 23.5 Å². The molecule has 8 nitrogen and oxygen atoms in total. The van der Waals surface area contributed by atoms with Gasteiger partial charge in [0.05, 0.1) is 11.5 Å². The lowest BCUT2D eigenvalue weighted by Crippen LogP contribution is -2.33. The van der Waals surface area contributed by atoms with Crippen molar-refractivity contribution >= 4 is 33.0 Å². The number of anilines is 2. The standard InChI is InChI=1S/C18H20N4O4S/c1-12(23)13-3-5-14(6-4-13)21-18(24)16-9-17(20-11-19-16)22(2)15-7-8-27(25,26)10-15/h3-6,9,11,15H,7-8,10H2,1-2H3,(H,21,24). The largest absolute Gasteiger partial charge is 0.356 e. The molecular weight excluding hydrogens is 368 g/mol. The van der Waals surface area contributed by atoms with Crippen LogP contribution in [0.15, 0.2) is 36.7 Å². The lowest BCUT2D eigenvalue weighted by Gasteiger charge is -2.24. The van der Waals surface area contributed by atoms with Crippen LogP contribution < -0.4 is 10.2 Å². The summed E-state index contributed by atoms with van der Waals surface area (Å²) in [7, 11) is -1.25. The van der Waals surface area contributed by atoms with Crippen molar-refractivity contribution in [3.05, 3.63) is 47.9 Å². The number of ketones is 1. The molecule has 0 bridgehead atoms. The van der Waals surface area contributed by atoms with Crippen LogP contribution in [0, 0.1) is 0 Å². The quantitative estimate of drug-likeness (QED) is 0.774. The number of nitrogens with zero attached hydrogens (tertiary/aromatic N) is 3. The van der Waals surface area contributed by atoms with Crippen molar-refractivity contribution in [3.8, 4) is 0 Å². The van der Waals surface area contributed by atoms with Gasteiger partial charge in [-0.25, -0.2) is 18.4 Å². The number of sulfone groups is 1. The van der Waals surface area contributed by atoms with Crippen molar-refractivity contribution < 1.29 is 18.0 Å². The van der Waals surface area contributed by atoms with Gasteiger partial charge in [-0.15, -0.1) is 0 Å². The van der Waals surface area contributed by atoms with Gasteiger partial charge in [-0.1, -0.05) is 0 Å². The van der Waals surface area contributed by atoms with Gasteiger partial charge in [0.1, 0.15) is 17.8 Å². The number of benzene rings is 1. The summed E-state index contributed by atoms with van der Waals surface area (Å²) in [4.78, 5) is 33.7. The molecule has 0 spiro atoms. The number of Topliss-reactive ketones (excluding diaryl/α,β-unsaturated/α-hetero) is 1. The van der Waals surface area contributed by atoms with Crippen LogP contribution in [0.25, 0.3) is 0 Å². The summed E-state index contributed by atoms with van der Waals surface area (Å²) in [5.41, 5.74) is 1.27. The van der Waals surface area contributed by atoms with E-state index in [-0.39, 0.29) is 29.0 Å². The first-order valence-electron chi connectivity index (χ1n) is 8.43. The average molecular weight is 388 g/mol. The summed E-state index contributed by atoms with van der Waals surface area (Å²) in [5, 5.41) is 2.72. The van der Waals surface area contributed by atoms with Crippen molar-refractivity contribution in [2.75, 3.05) is 28.8 Å². The molecular formula is C18H20N4O4S. The predicted molar refractivity (Wildman–Crippen MR) is 102 cm³/mol. The van der Waals surface area contributed by atoms with Gasteiger partial charge in [-0.2, -0.15) is 0 Å². The zero-order valence-corrected chi connectivity index (χ0v) is 15.9. The number of hydrogen-bond donors (Lipinski definition) is 1. The molecule has 1 aromatic heterocycles. The lowest BCUT2D eigenvalue weighted by atomic mass is 10.1.